The number of amides is 1. The van der Waals surface area contributed by atoms with E-state index in [9.17, 15) is 4.79 Å². The molecule has 1 aromatic carbocycles. The number of rotatable bonds is 4. The van der Waals surface area contributed by atoms with Gasteiger partial charge in [-0.15, -0.1) is 0 Å². The summed E-state index contributed by atoms with van der Waals surface area (Å²) in [6, 6.07) is 5.37. The van der Waals surface area contributed by atoms with Crippen LogP contribution in [0.2, 0.25) is 0 Å². The van der Waals surface area contributed by atoms with Crippen LogP contribution in [0.5, 0.6) is 11.5 Å². The lowest BCUT2D eigenvalue weighted by Crippen LogP contribution is -2.49. The molecular formula is C16H24N2O3. The SMILES string of the molecule is COc1ccc(C(=O)N2CCC(C)CC2CN)c(OC)c1. The Bertz CT molecular complexity index is 504. The predicted octanol–water partition coefficient (Wildman–Crippen LogP) is 1.90. The lowest BCUT2D eigenvalue weighted by Gasteiger charge is -2.38. The molecule has 0 aliphatic carbocycles. The van der Waals surface area contributed by atoms with E-state index in [2.05, 4.69) is 6.92 Å². The van der Waals surface area contributed by atoms with Gasteiger partial charge in [-0.3, -0.25) is 4.79 Å². The monoisotopic (exact) mass is 292 g/mol. The average Bonchev–Trinajstić information content (AvgIpc) is 2.53. The molecule has 1 fully saturated rings. The van der Waals surface area contributed by atoms with E-state index in [1.165, 1.54) is 0 Å². The van der Waals surface area contributed by atoms with Crippen LogP contribution in [-0.4, -0.2) is 44.2 Å². The van der Waals surface area contributed by atoms with Gasteiger partial charge in [0.1, 0.15) is 11.5 Å². The van der Waals surface area contributed by atoms with Crippen molar-refractivity contribution < 1.29 is 14.3 Å². The van der Waals surface area contributed by atoms with E-state index in [1.807, 2.05) is 4.90 Å². The summed E-state index contributed by atoms with van der Waals surface area (Å²) >= 11 is 0. The van der Waals surface area contributed by atoms with E-state index >= 15 is 0 Å². The lowest BCUT2D eigenvalue weighted by molar-refractivity contribution is 0.0570. The Hall–Kier alpha value is -1.75. The van der Waals surface area contributed by atoms with Crippen LogP contribution in [0.4, 0.5) is 0 Å². The van der Waals surface area contributed by atoms with Crippen LogP contribution in [0.3, 0.4) is 0 Å². The highest BCUT2D eigenvalue weighted by molar-refractivity contribution is 5.97. The van der Waals surface area contributed by atoms with Gasteiger partial charge >= 0.3 is 0 Å². The molecule has 5 heteroatoms. The van der Waals surface area contributed by atoms with Crippen LogP contribution in [0, 0.1) is 5.92 Å². The van der Waals surface area contributed by atoms with Gasteiger partial charge in [-0.1, -0.05) is 6.92 Å². The van der Waals surface area contributed by atoms with E-state index in [0.717, 1.165) is 19.4 Å². The predicted molar refractivity (Wildman–Crippen MR) is 81.8 cm³/mol. The summed E-state index contributed by atoms with van der Waals surface area (Å²) in [4.78, 5) is 14.7. The number of hydrogen-bond acceptors (Lipinski definition) is 4. The second-order valence-corrected chi connectivity index (χ2v) is 5.58. The highest BCUT2D eigenvalue weighted by Gasteiger charge is 2.30. The summed E-state index contributed by atoms with van der Waals surface area (Å²) in [6.07, 6.45) is 1.97. The Morgan fingerprint density at radius 2 is 2.14 bits per heavy atom. The van der Waals surface area contributed by atoms with E-state index in [4.69, 9.17) is 15.2 Å². The third-order valence-corrected chi connectivity index (χ3v) is 4.15. The number of methoxy groups -OCH3 is 2. The van der Waals surface area contributed by atoms with Gasteiger partial charge < -0.3 is 20.1 Å². The van der Waals surface area contributed by atoms with E-state index in [-0.39, 0.29) is 11.9 Å². The van der Waals surface area contributed by atoms with Gasteiger partial charge in [-0.2, -0.15) is 0 Å². The number of likely N-dealkylation sites (tertiary alicyclic amines) is 1. The zero-order valence-electron chi connectivity index (χ0n) is 13.0. The van der Waals surface area contributed by atoms with Gasteiger partial charge in [0.15, 0.2) is 0 Å². The molecule has 1 amide bonds. The van der Waals surface area contributed by atoms with Crippen LogP contribution >= 0.6 is 0 Å². The molecule has 2 rings (SSSR count). The second kappa shape index (κ2) is 6.80. The Kier molecular flexibility index (Phi) is 5.07. The molecule has 0 bridgehead atoms. The molecule has 1 aromatic rings. The number of benzene rings is 1. The smallest absolute Gasteiger partial charge is 0.257 e. The zero-order valence-corrected chi connectivity index (χ0v) is 13.0. The number of carbonyl (C=O) groups excluding carboxylic acids is 1. The van der Waals surface area contributed by atoms with Crippen molar-refractivity contribution in [3.8, 4) is 11.5 Å². The fourth-order valence-corrected chi connectivity index (χ4v) is 2.87. The molecule has 2 N–H and O–H groups in total. The van der Waals surface area contributed by atoms with Crippen LogP contribution in [0.25, 0.3) is 0 Å². The van der Waals surface area contributed by atoms with Gasteiger partial charge in [0.05, 0.1) is 19.8 Å². The number of ether oxygens (including phenoxy) is 2. The number of carbonyl (C=O) groups is 1. The zero-order chi connectivity index (χ0) is 15.4. The number of piperidine rings is 1. The van der Waals surface area contributed by atoms with Crippen molar-refractivity contribution in [1.82, 2.24) is 4.90 Å². The third kappa shape index (κ3) is 3.29. The van der Waals surface area contributed by atoms with Crippen molar-refractivity contribution in [3.63, 3.8) is 0 Å². The number of nitrogens with zero attached hydrogens (tertiary/aromatic N) is 1. The minimum atomic E-state index is -0.0168. The maximum Gasteiger partial charge on any atom is 0.257 e. The number of nitrogens with two attached hydrogens (primary N) is 1. The van der Waals surface area contributed by atoms with Gasteiger partial charge in [0, 0.05) is 25.2 Å². The number of hydrogen-bond donors (Lipinski definition) is 1. The lowest BCUT2D eigenvalue weighted by atomic mass is 9.92. The molecule has 0 radical (unpaired) electrons. The molecular weight excluding hydrogens is 268 g/mol. The van der Waals surface area contributed by atoms with E-state index in [1.54, 1.807) is 32.4 Å². The molecule has 5 nitrogen and oxygen atoms in total. The Morgan fingerprint density at radius 3 is 2.76 bits per heavy atom. The maximum absolute atomic E-state index is 12.8. The van der Waals surface area contributed by atoms with Gasteiger partial charge in [0.25, 0.3) is 5.91 Å². The molecule has 0 saturated carbocycles. The van der Waals surface area contributed by atoms with Crippen LogP contribution < -0.4 is 15.2 Å². The molecule has 116 valence electrons. The Balaban J connectivity index is 2.26. The summed E-state index contributed by atoms with van der Waals surface area (Å²) in [6.45, 7) is 3.45. The average molecular weight is 292 g/mol. The molecule has 0 aromatic heterocycles. The normalized spacial score (nSPS) is 22.0. The molecule has 0 spiro atoms. The van der Waals surface area contributed by atoms with Crippen molar-refractivity contribution in [3.05, 3.63) is 23.8 Å². The summed E-state index contributed by atoms with van der Waals surface area (Å²) < 4.78 is 10.5. The van der Waals surface area contributed by atoms with Crippen LogP contribution in [0.1, 0.15) is 30.1 Å². The summed E-state index contributed by atoms with van der Waals surface area (Å²) in [5, 5.41) is 0. The van der Waals surface area contributed by atoms with Gasteiger partial charge in [-0.25, -0.2) is 0 Å². The molecule has 21 heavy (non-hydrogen) atoms. The summed E-state index contributed by atoms with van der Waals surface area (Å²) in [5.74, 6) is 1.80. The summed E-state index contributed by atoms with van der Waals surface area (Å²) in [7, 11) is 3.15. The molecule has 1 aliphatic rings. The quantitative estimate of drug-likeness (QED) is 0.920. The van der Waals surface area contributed by atoms with Crippen molar-refractivity contribution in [2.24, 2.45) is 11.7 Å². The highest BCUT2D eigenvalue weighted by Crippen LogP contribution is 2.29. The Morgan fingerprint density at radius 1 is 1.38 bits per heavy atom. The first kappa shape index (κ1) is 15.6. The molecule has 1 aliphatic heterocycles. The minimum Gasteiger partial charge on any atom is -0.497 e. The molecule has 1 heterocycles. The van der Waals surface area contributed by atoms with Gasteiger partial charge in [-0.05, 0) is 30.9 Å². The first-order valence-electron chi connectivity index (χ1n) is 7.33. The largest absolute Gasteiger partial charge is 0.497 e. The fraction of sp³-hybridized carbons (Fsp3) is 0.562. The van der Waals surface area contributed by atoms with Crippen molar-refractivity contribution in [2.45, 2.75) is 25.8 Å². The van der Waals surface area contributed by atoms with Gasteiger partial charge in [0.2, 0.25) is 0 Å². The Labute approximate surface area is 126 Å². The summed E-state index contributed by atoms with van der Waals surface area (Å²) in [5.41, 5.74) is 6.40. The van der Waals surface area contributed by atoms with Crippen molar-refractivity contribution in [2.75, 3.05) is 27.3 Å². The van der Waals surface area contributed by atoms with Crippen molar-refractivity contribution in [1.29, 1.82) is 0 Å². The third-order valence-electron chi connectivity index (χ3n) is 4.15. The first-order chi connectivity index (χ1) is 10.1. The fourth-order valence-electron chi connectivity index (χ4n) is 2.87. The topological polar surface area (TPSA) is 64.8 Å². The van der Waals surface area contributed by atoms with Crippen LogP contribution in [0.15, 0.2) is 18.2 Å². The first-order valence-corrected chi connectivity index (χ1v) is 7.33. The highest BCUT2D eigenvalue weighted by atomic mass is 16.5. The van der Waals surface area contributed by atoms with E-state index in [0.29, 0.717) is 29.5 Å². The molecule has 1 saturated heterocycles. The van der Waals surface area contributed by atoms with E-state index < -0.39 is 0 Å². The van der Waals surface area contributed by atoms with Crippen LogP contribution in [-0.2, 0) is 0 Å². The minimum absolute atomic E-state index is 0.0168. The standard InChI is InChI=1S/C16H24N2O3/c1-11-6-7-18(12(8-11)10-17)16(19)14-5-4-13(20-2)9-15(14)21-3/h4-5,9,11-12H,6-8,10,17H2,1-3H3. The molecule has 2 unspecified atom stereocenters. The maximum atomic E-state index is 12.8. The second-order valence-electron chi connectivity index (χ2n) is 5.58. The molecule has 2 atom stereocenters. The van der Waals surface area contributed by atoms with Crippen molar-refractivity contribution >= 4 is 5.91 Å².